The molecule has 0 aliphatic rings. The number of nitrogens with one attached hydrogen (secondary N) is 1. The number of aromatic nitrogens is 1. The van der Waals surface area contributed by atoms with E-state index in [0.717, 1.165) is 10.6 Å². The van der Waals surface area contributed by atoms with Gasteiger partial charge in [-0.1, -0.05) is 37.5 Å². The van der Waals surface area contributed by atoms with Crippen LogP contribution in [0.4, 0.5) is 5.88 Å². The van der Waals surface area contributed by atoms with Gasteiger partial charge in [0.1, 0.15) is 0 Å². The Labute approximate surface area is 133 Å². The Hall–Kier alpha value is -1.46. The van der Waals surface area contributed by atoms with Gasteiger partial charge in [0.2, 0.25) is 11.8 Å². The summed E-state index contributed by atoms with van der Waals surface area (Å²) >= 11 is 7.25. The second kappa shape index (κ2) is 6.54. The Morgan fingerprint density at radius 1 is 1.33 bits per heavy atom. The Balaban J connectivity index is 1.87. The van der Waals surface area contributed by atoms with Crippen molar-refractivity contribution in [1.29, 1.82) is 0 Å². The normalized spacial score (nSPS) is 11.4. The molecule has 1 N–H and O–H groups in total. The molecule has 0 spiro atoms. The number of amides is 1. The minimum absolute atomic E-state index is 0.107. The highest BCUT2D eigenvalue weighted by atomic mass is 35.5. The number of carbonyl (C=O) groups is 1. The van der Waals surface area contributed by atoms with Crippen LogP contribution in [-0.4, -0.2) is 16.8 Å². The van der Waals surface area contributed by atoms with Crippen molar-refractivity contribution in [3.63, 3.8) is 0 Å². The third kappa shape index (κ3) is 4.79. The molecule has 112 valence electrons. The van der Waals surface area contributed by atoms with Crippen molar-refractivity contribution >= 4 is 35.2 Å². The molecule has 0 unspecified atom stereocenters. The van der Waals surface area contributed by atoms with Crippen molar-refractivity contribution in [1.82, 2.24) is 5.16 Å². The molecule has 0 saturated heterocycles. The van der Waals surface area contributed by atoms with Gasteiger partial charge in [-0.3, -0.25) is 10.1 Å². The third-order valence-corrected chi connectivity index (χ3v) is 3.99. The molecule has 2 rings (SSSR count). The zero-order valence-electron chi connectivity index (χ0n) is 12.1. The van der Waals surface area contributed by atoms with Gasteiger partial charge in [0.15, 0.2) is 0 Å². The van der Waals surface area contributed by atoms with Crippen LogP contribution in [0.15, 0.2) is 39.8 Å². The smallest absolute Gasteiger partial charge is 0.237 e. The van der Waals surface area contributed by atoms with Gasteiger partial charge in [-0.15, -0.1) is 11.8 Å². The molecule has 1 aromatic carbocycles. The molecule has 0 bridgehead atoms. The van der Waals surface area contributed by atoms with Crippen LogP contribution >= 0.6 is 23.4 Å². The Bertz CT molecular complexity index is 617. The number of halogens is 1. The molecular formula is C15H17ClN2O2S. The average molecular weight is 325 g/mol. The highest BCUT2D eigenvalue weighted by molar-refractivity contribution is 8.00. The van der Waals surface area contributed by atoms with E-state index < -0.39 is 0 Å². The first-order valence-electron chi connectivity index (χ1n) is 6.50. The lowest BCUT2D eigenvalue weighted by molar-refractivity contribution is -0.113. The van der Waals surface area contributed by atoms with E-state index in [-0.39, 0.29) is 11.3 Å². The molecule has 0 aliphatic carbocycles. The number of carbonyl (C=O) groups excluding carboxylic acids is 1. The van der Waals surface area contributed by atoms with Crippen molar-refractivity contribution in [3.8, 4) is 0 Å². The van der Waals surface area contributed by atoms with Gasteiger partial charge >= 0.3 is 0 Å². The lowest BCUT2D eigenvalue weighted by atomic mass is 9.92. The van der Waals surface area contributed by atoms with Gasteiger partial charge in [-0.05, 0) is 24.3 Å². The number of rotatable bonds is 4. The van der Waals surface area contributed by atoms with Crippen molar-refractivity contribution in [2.75, 3.05) is 11.1 Å². The number of hydrogen-bond acceptors (Lipinski definition) is 4. The first-order valence-corrected chi connectivity index (χ1v) is 7.86. The van der Waals surface area contributed by atoms with Crippen LogP contribution in [0, 0.1) is 0 Å². The molecule has 6 heteroatoms. The SMILES string of the molecule is CC(C)(C)c1cc(NC(=O)CSc2ccc(Cl)cc2)on1. The van der Waals surface area contributed by atoms with Crippen LogP contribution in [0.3, 0.4) is 0 Å². The summed E-state index contributed by atoms with van der Waals surface area (Å²) in [5.74, 6) is 0.542. The molecule has 1 amide bonds. The Morgan fingerprint density at radius 2 is 2.00 bits per heavy atom. The van der Waals surface area contributed by atoms with Gasteiger partial charge in [0.25, 0.3) is 0 Å². The fourth-order valence-corrected chi connectivity index (χ4v) is 2.37. The molecule has 1 aromatic heterocycles. The molecule has 0 aliphatic heterocycles. The maximum atomic E-state index is 11.9. The van der Waals surface area contributed by atoms with Crippen LogP contribution in [0.1, 0.15) is 26.5 Å². The zero-order chi connectivity index (χ0) is 15.5. The van der Waals surface area contributed by atoms with Crippen LogP contribution < -0.4 is 5.32 Å². The van der Waals surface area contributed by atoms with Crippen LogP contribution in [0.2, 0.25) is 5.02 Å². The van der Waals surface area contributed by atoms with E-state index in [0.29, 0.717) is 16.7 Å². The highest BCUT2D eigenvalue weighted by Crippen LogP contribution is 2.24. The number of nitrogens with zero attached hydrogens (tertiary/aromatic N) is 1. The van der Waals surface area contributed by atoms with E-state index in [4.69, 9.17) is 16.1 Å². The van der Waals surface area contributed by atoms with Crippen molar-refractivity contribution in [2.24, 2.45) is 0 Å². The largest absolute Gasteiger partial charge is 0.338 e. The maximum absolute atomic E-state index is 11.9. The standard InChI is InChI=1S/C15H17ClN2O2S/c1-15(2,3)12-8-14(20-18-12)17-13(19)9-21-11-6-4-10(16)5-7-11/h4-8H,9H2,1-3H3,(H,17,19). The summed E-state index contributed by atoms with van der Waals surface area (Å²) in [5.41, 5.74) is 0.702. The van der Waals surface area contributed by atoms with Crippen LogP contribution in [0.25, 0.3) is 0 Å². The predicted molar refractivity (Wildman–Crippen MR) is 86.0 cm³/mol. The molecule has 0 atom stereocenters. The summed E-state index contributed by atoms with van der Waals surface area (Å²) in [6, 6.07) is 9.12. The van der Waals surface area contributed by atoms with Crippen LogP contribution in [0.5, 0.6) is 0 Å². The molecule has 0 saturated carbocycles. The zero-order valence-corrected chi connectivity index (χ0v) is 13.7. The van der Waals surface area contributed by atoms with Gasteiger partial charge in [-0.2, -0.15) is 0 Å². The van der Waals surface area contributed by atoms with Crippen LogP contribution in [-0.2, 0) is 10.2 Å². The maximum Gasteiger partial charge on any atom is 0.237 e. The van der Waals surface area contributed by atoms with Gasteiger partial charge in [0, 0.05) is 21.4 Å². The third-order valence-electron chi connectivity index (χ3n) is 2.72. The van der Waals surface area contributed by atoms with E-state index in [9.17, 15) is 4.79 Å². The summed E-state index contributed by atoms with van der Waals surface area (Å²) in [6.45, 7) is 6.10. The second-order valence-corrected chi connectivity index (χ2v) is 7.10. The fraction of sp³-hybridized carbons (Fsp3) is 0.333. The summed E-state index contributed by atoms with van der Waals surface area (Å²) in [6.07, 6.45) is 0. The average Bonchev–Trinajstić information content (AvgIpc) is 2.86. The number of thioether (sulfide) groups is 1. The quantitative estimate of drug-likeness (QED) is 0.849. The molecule has 4 nitrogen and oxygen atoms in total. The summed E-state index contributed by atoms with van der Waals surface area (Å²) in [4.78, 5) is 12.9. The van der Waals surface area contributed by atoms with Crippen molar-refractivity contribution in [3.05, 3.63) is 41.0 Å². The van der Waals surface area contributed by atoms with E-state index >= 15 is 0 Å². The Kier molecular flexibility index (Phi) is 4.96. The molecule has 0 radical (unpaired) electrons. The van der Waals surface area contributed by atoms with E-state index in [1.165, 1.54) is 11.8 Å². The summed E-state index contributed by atoms with van der Waals surface area (Å²) in [5, 5.41) is 7.34. The minimum Gasteiger partial charge on any atom is -0.338 e. The van der Waals surface area contributed by atoms with Gasteiger partial charge in [0.05, 0.1) is 11.4 Å². The first-order chi connectivity index (χ1) is 9.84. The summed E-state index contributed by atoms with van der Waals surface area (Å²) in [7, 11) is 0. The van der Waals surface area contributed by atoms with E-state index in [2.05, 4.69) is 10.5 Å². The Morgan fingerprint density at radius 3 is 2.57 bits per heavy atom. The minimum atomic E-state index is -0.133. The summed E-state index contributed by atoms with van der Waals surface area (Å²) < 4.78 is 5.12. The van der Waals surface area contributed by atoms with Gasteiger partial charge in [-0.25, -0.2) is 0 Å². The first kappa shape index (κ1) is 15.9. The highest BCUT2D eigenvalue weighted by Gasteiger charge is 2.19. The van der Waals surface area contributed by atoms with E-state index in [1.54, 1.807) is 18.2 Å². The fourth-order valence-electron chi connectivity index (χ4n) is 1.54. The number of hydrogen-bond donors (Lipinski definition) is 1. The molecule has 0 fully saturated rings. The second-order valence-electron chi connectivity index (χ2n) is 5.62. The monoisotopic (exact) mass is 324 g/mol. The molecule has 21 heavy (non-hydrogen) atoms. The number of benzene rings is 1. The van der Waals surface area contributed by atoms with Gasteiger partial charge < -0.3 is 4.52 Å². The number of anilines is 1. The van der Waals surface area contributed by atoms with E-state index in [1.807, 2.05) is 32.9 Å². The lowest BCUT2D eigenvalue weighted by Gasteiger charge is -2.12. The predicted octanol–water partition coefficient (Wildman–Crippen LogP) is 4.36. The lowest BCUT2D eigenvalue weighted by Crippen LogP contribution is -2.14. The topological polar surface area (TPSA) is 55.1 Å². The molecule has 1 heterocycles. The van der Waals surface area contributed by atoms with Crippen molar-refractivity contribution in [2.45, 2.75) is 31.1 Å². The molecule has 2 aromatic rings. The molecular weight excluding hydrogens is 308 g/mol. The van der Waals surface area contributed by atoms with Crippen molar-refractivity contribution < 1.29 is 9.32 Å².